The molecule has 1 aromatic carbocycles. The molecule has 0 saturated carbocycles. The molecule has 0 bridgehead atoms. The molecule has 21 heavy (non-hydrogen) atoms. The zero-order valence-corrected chi connectivity index (χ0v) is 11.1. The van der Waals surface area contributed by atoms with E-state index >= 15 is 0 Å². The SMILES string of the molecule is O=c1ccc(S(=O)(=O)Nc2ccc(O)cc2[N+](=O)[O-])c[nH]1. The fourth-order valence-electron chi connectivity index (χ4n) is 1.52. The van der Waals surface area contributed by atoms with Gasteiger partial charge in [0.1, 0.15) is 16.3 Å². The van der Waals surface area contributed by atoms with Gasteiger partial charge in [-0.25, -0.2) is 8.42 Å². The fraction of sp³-hybridized carbons (Fsp3) is 0. The first kappa shape index (κ1) is 14.5. The van der Waals surface area contributed by atoms with Crippen molar-refractivity contribution in [1.29, 1.82) is 0 Å². The lowest BCUT2D eigenvalue weighted by molar-refractivity contribution is -0.384. The van der Waals surface area contributed by atoms with Crippen LogP contribution in [-0.2, 0) is 10.0 Å². The maximum Gasteiger partial charge on any atom is 0.297 e. The number of H-pyrrole nitrogens is 1. The highest BCUT2D eigenvalue weighted by molar-refractivity contribution is 7.92. The zero-order valence-electron chi connectivity index (χ0n) is 10.3. The largest absolute Gasteiger partial charge is 0.508 e. The number of phenols is 1. The Bertz CT molecular complexity index is 838. The molecular weight excluding hydrogens is 302 g/mol. The molecule has 3 N–H and O–H groups in total. The van der Waals surface area contributed by atoms with Gasteiger partial charge in [-0.3, -0.25) is 19.6 Å². The number of nitrogens with zero attached hydrogens (tertiary/aromatic N) is 1. The molecule has 1 aromatic heterocycles. The molecule has 2 rings (SSSR count). The number of aromatic amines is 1. The van der Waals surface area contributed by atoms with Crippen molar-refractivity contribution in [2.24, 2.45) is 0 Å². The molecule has 0 atom stereocenters. The lowest BCUT2D eigenvalue weighted by atomic mass is 10.2. The normalized spacial score (nSPS) is 11.0. The van der Waals surface area contributed by atoms with E-state index in [-0.39, 0.29) is 16.3 Å². The van der Waals surface area contributed by atoms with E-state index in [0.29, 0.717) is 0 Å². The number of benzene rings is 1. The van der Waals surface area contributed by atoms with Crippen LogP contribution >= 0.6 is 0 Å². The number of hydrogen-bond donors (Lipinski definition) is 3. The predicted octanol–water partition coefficient (Wildman–Crippen LogP) is 0.789. The Balaban J connectivity index is 2.44. The van der Waals surface area contributed by atoms with Crippen LogP contribution in [0.4, 0.5) is 11.4 Å². The summed E-state index contributed by atoms with van der Waals surface area (Å²) < 4.78 is 26.1. The van der Waals surface area contributed by atoms with Gasteiger partial charge >= 0.3 is 0 Å². The number of anilines is 1. The van der Waals surface area contributed by atoms with Crippen LogP contribution in [0.15, 0.2) is 46.2 Å². The van der Waals surface area contributed by atoms with E-state index in [4.69, 9.17) is 0 Å². The van der Waals surface area contributed by atoms with E-state index in [9.17, 15) is 28.4 Å². The molecule has 0 fully saturated rings. The van der Waals surface area contributed by atoms with Gasteiger partial charge in [0, 0.05) is 12.3 Å². The Morgan fingerprint density at radius 1 is 1.24 bits per heavy atom. The third-order valence-electron chi connectivity index (χ3n) is 2.49. The second-order valence-electron chi connectivity index (χ2n) is 3.95. The van der Waals surface area contributed by atoms with Crippen LogP contribution in [0, 0.1) is 10.1 Å². The van der Waals surface area contributed by atoms with Crippen molar-refractivity contribution in [2.75, 3.05) is 4.72 Å². The van der Waals surface area contributed by atoms with Gasteiger partial charge in [-0.05, 0) is 18.2 Å². The molecule has 9 nitrogen and oxygen atoms in total. The number of nitro benzene ring substituents is 1. The number of pyridine rings is 1. The van der Waals surface area contributed by atoms with Crippen molar-refractivity contribution in [2.45, 2.75) is 4.90 Å². The number of sulfonamides is 1. The summed E-state index contributed by atoms with van der Waals surface area (Å²) in [7, 11) is -4.11. The Kier molecular flexibility index (Phi) is 3.63. The highest BCUT2D eigenvalue weighted by Crippen LogP contribution is 2.29. The third-order valence-corrected chi connectivity index (χ3v) is 3.85. The maximum atomic E-state index is 12.1. The van der Waals surface area contributed by atoms with E-state index in [2.05, 4.69) is 4.98 Å². The molecular formula is C11H9N3O6S. The van der Waals surface area contributed by atoms with Crippen LogP contribution in [-0.4, -0.2) is 23.4 Å². The molecule has 0 aliphatic carbocycles. The Morgan fingerprint density at radius 3 is 2.52 bits per heavy atom. The Labute approximate surface area is 118 Å². The van der Waals surface area contributed by atoms with Gasteiger partial charge in [0.2, 0.25) is 5.56 Å². The van der Waals surface area contributed by atoms with Crippen LogP contribution in [0.1, 0.15) is 0 Å². The average Bonchev–Trinajstić information content (AvgIpc) is 2.41. The molecule has 10 heteroatoms. The van der Waals surface area contributed by atoms with Crippen molar-refractivity contribution in [3.63, 3.8) is 0 Å². The van der Waals surface area contributed by atoms with Crippen LogP contribution in [0.5, 0.6) is 5.75 Å². The van der Waals surface area contributed by atoms with Crippen molar-refractivity contribution in [3.05, 3.63) is 57.0 Å². The third kappa shape index (κ3) is 3.17. The quantitative estimate of drug-likeness (QED) is 0.433. The van der Waals surface area contributed by atoms with E-state index in [1.54, 1.807) is 0 Å². The predicted molar refractivity (Wildman–Crippen MR) is 72.6 cm³/mol. The van der Waals surface area contributed by atoms with E-state index in [0.717, 1.165) is 36.5 Å². The molecule has 110 valence electrons. The highest BCUT2D eigenvalue weighted by Gasteiger charge is 2.21. The summed E-state index contributed by atoms with van der Waals surface area (Å²) in [5, 5.41) is 20.1. The minimum atomic E-state index is -4.11. The summed E-state index contributed by atoms with van der Waals surface area (Å²) in [5.74, 6) is -0.367. The first-order chi connectivity index (χ1) is 9.79. The maximum absolute atomic E-state index is 12.1. The van der Waals surface area contributed by atoms with Gasteiger partial charge < -0.3 is 10.1 Å². The summed E-state index contributed by atoms with van der Waals surface area (Å²) in [4.78, 5) is 22.9. The first-order valence-electron chi connectivity index (χ1n) is 5.48. The topological polar surface area (TPSA) is 142 Å². The molecule has 0 aliphatic rings. The second-order valence-corrected chi connectivity index (χ2v) is 5.64. The molecule has 1 heterocycles. The van der Waals surface area contributed by atoms with Gasteiger partial charge in [0.05, 0.1) is 11.0 Å². The first-order valence-corrected chi connectivity index (χ1v) is 6.97. The average molecular weight is 311 g/mol. The van der Waals surface area contributed by atoms with Crippen LogP contribution in [0.3, 0.4) is 0 Å². The lowest BCUT2D eigenvalue weighted by Crippen LogP contribution is -2.16. The van der Waals surface area contributed by atoms with E-state index in [1.807, 2.05) is 4.72 Å². The second kappa shape index (κ2) is 5.25. The number of aromatic nitrogens is 1. The number of nitrogens with one attached hydrogen (secondary N) is 2. The summed E-state index contributed by atoms with van der Waals surface area (Å²) in [6.45, 7) is 0. The molecule has 0 spiro atoms. The van der Waals surface area contributed by atoms with Gasteiger partial charge in [0.25, 0.3) is 15.7 Å². The Morgan fingerprint density at radius 2 is 1.95 bits per heavy atom. The summed E-state index contributed by atoms with van der Waals surface area (Å²) >= 11 is 0. The van der Waals surface area contributed by atoms with E-state index in [1.165, 1.54) is 0 Å². The fourth-order valence-corrected chi connectivity index (χ4v) is 2.57. The standard InChI is InChI=1S/C11H9N3O6S/c15-7-1-3-9(10(5-7)14(17)18)13-21(19,20)8-2-4-11(16)12-6-8/h1-6,13,15H,(H,12,16). The van der Waals surface area contributed by atoms with Crippen molar-refractivity contribution in [1.82, 2.24) is 4.98 Å². The number of nitro groups is 1. The smallest absolute Gasteiger partial charge is 0.297 e. The lowest BCUT2D eigenvalue weighted by Gasteiger charge is -2.08. The number of aromatic hydroxyl groups is 1. The number of rotatable bonds is 4. The van der Waals surface area contributed by atoms with Gasteiger partial charge in [-0.1, -0.05) is 0 Å². The Hall–Kier alpha value is -2.88. The molecule has 0 radical (unpaired) electrons. The minimum absolute atomic E-state index is 0.260. The highest BCUT2D eigenvalue weighted by atomic mass is 32.2. The molecule has 0 amide bonds. The van der Waals surface area contributed by atoms with Gasteiger partial charge in [-0.2, -0.15) is 0 Å². The summed E-state index contributed by atoms with van der Waals surface area (Å²) in [5.41, 5.74) is -1.38. The van der Waals surface area contributed by atoms with Gasteiger partial charge in [-0.15, -0.1) is 0 Å². The van der Waals surface area contributed by atoms with Gasteiger partial charge in [0.15, 0.2) is 0 Å². The monoisotopic (exact) mass is 311 g/mol. The molecule has 2 aromatic rings. The summed E-state index contributed by atoms with van der Waals surface area (Å²) in [6, 6.07) is 5.08. The molecule has 0 aliphatic heterocycles. The van der Waals surface area contributed by atoms with Crippen molar-refractivity contribution >= 4 is 21.4 Å². The minimum Gasteiger partial charge on any atom is -0.508 e. The molecule has 0 saturated heterocycles. The number of phenolic OH excluding ortho intramolecular Hbond substituents is 1. The zero-order chi connectivity index (χ0) is 15.6. The van der Waals surface area contributed by atoms with Crippen LogP contribution < -0.4 is 10.3 Å². The van der Waals surface area contributed by atoms with Crippen molar-refractivity contribution in [3.8, 4) is 5.75 Å². The van der Waals surface area contributed by atoms with Crippen molar-refractivity contribution < 1.29 is 18.4 Å². The van der Waals surface area contributed by atoms with Crippen LogP contribution in [0.2, 0.25) is 0 Å². The van der Waals surface area contributed by atoms with Crippen LogP contribution in [0.25, 0.3) is 0 Å². The summed E-state index contributed by atoms with van der Waals surface area (Å²) in [6.07, 6.45) is 0.969. The van der Waals surface area contributed by atoms with E-state index < -0.39 is 26.2 Å². The number of hydrogen-bond acceptors (Lipinski definition) is 6. The molecule has 0 unspecified atom stereocenters.